The van der Waals surface area contributed by atoms with Gasteiger partial charge in [0.05, 0.1) is 11.5 Å². The minimum atomic E-state index is -0.464. The summed E-state index contributed by atoms with van der Waals surface area (Å²) < 4.78 is 4.90. The Morgan fingerprint density at radius 3 is 2.71 bits per heavy atom. The van der Waals surface area contributed by atoms with Crippen molar-refractivity contribution in [2.24, 2.45) is 0 Å². The van der Waals surface area contributed by atoms with Crippen molar-refractivity contribution in [1.29, 1.82) is 0 Å². The molecule has 1 aromatic carbocycles. The van der Waals surface area contributed by atoms with Crippen molar-refractivity contribution in [3.63, 3.8) is 0 Å². The molecule has 2 rings (SSSR count). The predicted octanol–water partition coefficient (Wildman–Crippen LogP) is 1.56. The first-order valence-corrected chi connectivity index (χ1v) is 7.64. The molecule has 1 aliphatic rings. The molecule has 0 aliphatic heterocycles. The van der Waals surface area contributed by atoms with E-state index in [0.717, 1.165) is 12.8 Å². The summed E-state index contributed by atoms with van der Waals surface area (Å²) in [6.07, 6.45) is 2.05. The molecule has 1 fully saturated rings. The number of hydrogen-bond donors (Lipinski definition) is 3. The molecular weight excluding hydrogens is 336 g/mol. The van der Waals surface area contributed by atoms with Gasteiger partial charge in [-0.2, -0.15) is 0 Å². The van der Waals surface area contributed by atoms with Gasteiger partial charge in [0.15, 0.2) is 0 Å². The first-order valence-electron chi connectivity index (χ1n) is 7.64. The highest BCUT2D eigenvalue weighted by atomic mass is 35.5. The van der Waals surface area contributed by atoms with Gasteiger partial charge in [0.2, 0.25) is 0 Å². The summed E-state index contributed by atoms with van der Waals surface area (Å²) in [5, 5.41) is 20.1. The molecular formula is C15H23ClN4O4. The van der Waals surface area contributed by atoms with Crippen LogP contribution in [-0.2, 0) is 4.74 Å². The lowest BCUT2D eigenvalue weighted by molar-refractivity contribution is -0.384. The van der Waals surface area contributed by atoms with Crippen LogP contribution in [0.1, 0.15) is 23.2 Å². The quantitative estimate of drug-likeness (QED) is 0.333. The number of rotatable bonds is 10. The molecule has 134 valence electrons. The fourth-order valence-corrected chi connectivity index (χ4v) is 2.06. The zero-order valence-corrected chi connectivity index (χ0v) is 14.4. The number of halogens is 1. The molecule has 9 heteroatoms. The molecule has 24 heavy (non-hydrogen) atoms. The Balaban J connectivity index is 0.00000288. The third kappa shape index (κ3) is 6.31. The smallest absolute Gasteiger partial charge is 0.293 e. The number of benzene rings is 1. The molecule has 0 atom stereocenters. The summed E-state index contributed by atoms with van der Waals surface area (Å²) in [5.41, 5.74) is 0.688. The second-order valence-electron chi connectivity index (χ2n) is 5.41. The summed E-state index contributed by atoms with van der Waals surface area (Å²) in [5.74, 6) is -0.320. The normalized spacial score (nSPS) is 13.0. The van der Waals surface area contributed by atoms with Crippen LogP contribution in [0.5, 0.6) is 0 Å². The van der Waals surface area contributed by atoms with Crippen molar-refractivity contribution in [2.45, 2.75) is 18.9 Å². The number of hydrogen-bond acceptors (Lipinski definition) is 6. The molecule has 1 aliphatic carbocycles. The van der Waals surface area contributed by atoms with Crippen molar-refractivity contribution in [2.75, 3.05) is 38.7 Å². The molecule has 1 amide bonds. The largest absolute Gasteiger partial charge is 0.383 e. The second-order valence-corrected chi connectivity index (χ2v) is 5.41. The van der Waals surface area contributed by atoms with Gasteiger partial charge in [0.25, 0.3) is 11.6 Å². The zero-order valence-electron chi connectivity index (χ0n) is 13.5. The van der Waals surface area contributed by atoms with Gasteiger partial charge in [-0.15, -0.1) is 12.4 Å². The maximum absolute atomic E-state index is 12.0. The van der Waals surface area contributed by atoms with Crippen LogP contribution in [0, 0.1) is 10.1 Å². The molecule has 3 N–H and O–H groups in total. The molecule has 0 spiro atoms. The van der Waals surface area contributed by atoms with Crippen LogP contribution in [0.3, 0.4) is 0 Å². The molecule has 0 aromatic heterocycles. The van der Waals surface area contributed by atoms with Crippen molar-refractivity contribution in [1.82, 2.24) is 10.6 Å². The summed E-state index contributed by atoms with van der Waals surface area (Å²) in [6, 6.07) is 4.83. The van der Waals surface area contributed by atoms with Crippen LogP contribution in [0.25, 0.3) is 0 Å². The molecule has 1 aromatic rings. The van der Waals surface area contributed by atoms with Gasteiger partial charge < -0.3 is 20.7 Å². The van der Waals surface area contributed by atoms with Gasteiger partial charge in [-0.25, -0.2) is 0 Å². The minimum Gasteiger partial charge on any atom is -0.383 e. The molecule has 1 saturated carbocycles. The van der Waals surface area contributed by atoms with Gasteiger partial charge in [0.1, 0.15) is 5.69 Å². The maximum Gasteiger partial charge on any atom is 0.293 e. The highest BCUT2D eigenvalue weighted by Crippen LogP contribution is 2.31. The van der Waals surface area contributed by atoms with Gasteiger partial charge >= 0.3 is 0 Å². The maximum atomic E-state index is 12.0. The van der Waals surface area contributed by atoms with Gasteiger partial charge in [-0.3, -0.25) is 14.9 Å². The molecule has 0 radical (unpaired) electrons. The standard InChI is InChI=1S/C15H22N4O4.ClH/c1-23-9-8-16-6-7-17-15(20)11-2-5-13(18-12-3-4-12)14(10-11)19(21)22;/h2,5,10,12,16,18H,3-4,6-9H2,1H3,(H,17,20);1H. The number of carbonyl (C=O) groups is 1. The lowest BCUT2D eigenvalue weighted by atomic mass is 10.1. The fourth-order valence-electron chi connectivity index (χ4n) is 2.06. The number of anilines is 1. The first kappa shape index (κ1) is 20.1. The molecule has 0 heterocycles. The average molecular weight is 359 g/mol. The van der Waals surface area contributed by atoms with Crippen molar-refractivity contribution in [3.8, 4) is 0 Å². The first-order chi connectivity index (χ1) is 11.1. The summed E-state index contributed by atoms with van der Waals surface area (Å²) in [4.78, 5) is 22.8. The Hall–Kier alpha value is -1.90. The molecule has 0 bridgehead atoms. The zero-order chi connectivity index (χ0) is 16.7. The number of ether oxygens (including phenoxy) is 1. The van der Waals surface area contributed by atoms with Crippen molar-refractivity contribution >= 4 is 29.7 Å². The van der Waals surface area contributed by atoms with E-state index in [1.54, 1.807) is 19.2 Å². The van der Waals surface area contributed by atoms with E-state index in [2.05, 4.69) is 16.0 Å². The number of methoxy groups -OCH3 is 1. The number of amides is 1. The van der Waals surface area contributed by atoms with Crippen molar-refractivity contribution in [3.05, 3.63) is 33.9 Å². The van der Waals surface area contributed by atoms with Gasteiger partial charge in [-0.1, -0.05) is 0 Å². The Labute approximate surface area is 146 Å². The third-order valence-corrected chi connectivity index (χ3v) is 3.46. The van der Waals surface area contributed by atoms with Crippen LogP contribution in [0.4, 0.5) is 11.4 Å². The topological polar surface area (TPSA) is 106 Å². The Kier molecular flexibility index (Phi) is 8.45. The third-order valence-electron chi connectivity index (χ3n) is 3.46. The van der Waals surface area contributed by atoms with Crippen LogP contribution < -0.4 is 16.0 Å². The van der Waals surface area contributed by atoms with E-state index in [-0.39, 0.29) is 29.6 Å². The van der Waals surface area contributed by atoms with E-state index < -0.39 is 4.92 Å². The van der Waals surface area contributed by atoms with E-state index in [4.69, 9.17) is 4.74 Å². The van der Waals surface area contributed by atoms with Gasteiger partial charge in [0, 0.05) is 44.4 Å². The summed E-state index contributed by atoms with van der Waals surface area (Å²) in [6.45, 7) is 2.37. The van der Waals surface area contributed by atoms with Crippen LogP contribution in [-0.4, -0.2) is 50.2 Å². The van der Waals surface area contributed by atoms with Crippen LogP contribution in [0.2, 0.25) is 0 Å². The van der Waals surface area contributed by atoms with Crippen molar-refractivity contribution < 1.29 is 14.5 Å². The molecule has 8 nitrogen and oxygen atoms in total. The van der Waals surface area contributed by atoms with E-state index in [9.17, 15) is 14.9 Å². The van der Waals surface area contributed by atoms with E-state index >= 15 is 0 Å². The lowest BCUT2D eigenvalue weighted by Gasteiger charge is -2.09. The molecule has 0 saturated heterocycles. The molecule has 0 unspecified atom stereocenters. The number of nitro benzene ring substituents is 1. The highest BCUT2D eigenvalue weighted by Gasteiger charge is 2.25. The predicted molar refractivity (Wildman–Crippen MR) is 94.1 cm³/mol. The highest BCUT2D eigenvalue weighted by molar-refractivity contribution is 5.95. The summed E-state index contributed by atoms with van der Waals surface area (Å²) in [7, 11) is 1.62. The number of nitro groups is 1. The monoisotopic (exact) mass is 358 g/mol. The Morgan fingerprint density at radius 2 is 2.08 bits per heavy atom. The van der Waals surface area contributed by atoms with Gasteiger partial charge in [-0.05, 0) is 25.0 Å². The van der Waals surface area contributed by atoms with E-state index in [1.165, 1.54) is 6.07 Å². The SMILES string of the molecule is COCCNCCNC(=O)c1ccc(NC2CC2)c([N+](=O)[O-])c1.Cl. The van der Waals surface area contributed by atoms with E-state index in [1.807, 2.05) is 0 Å². The number of carbonyl (C=O) groups excluding carboxylic acids is 1. The number of nitrogens with zero attached hydrogens (tertiary/aromatic N) is 1. The van der Waals surface area contributed by atoms with Crippen LogP contribution >= 0.6 is 12.4 Å². The summed E-state index contributed by atoms with van der Waals surface area (Å²) >= 11 is 0. The Morgan fingerprint density at radius 1 is 1.33 bits per heavy atom. The average Bonchev–Trinajstić information content (AvgIpc) is 3.34. The van der Waals surface area contributed by atoms with Crippen LogP contribution in [0.15, 0.2) is 18.2 Å². The minimum absolute atomic E-state index is 0. The lowest BCUT2D eigenvalue weighted by Crippen LogP contribution is -2.33. The van der Waals surface area contributed by atoms with E-state index in [0.29, 0.717) is 38.0 Å². The second kappa shape index (κ2) is 10.1. The fraction of sp³-hybridized carbons (Fsp3) is 0.533. The number of nitrogens with one attached hydrogen (secondary N) is 3. The Bertz CT molecular complexity index is 566.